The number of para-hydroxylation sites is 1. The zero-order valence-corrected chi connectivity index (χ0v) is 19.2. The molecular weight excluding hydrogens is 428 g/mol. The minimum absolute atomic E-state index is 0.0345. The number of hydrogen-bond donors (Lipinski definition) is 1. The lowest BCUT2D eigenvalue weighted by atomic mass is 10.0. The number of pyridine rings is 1. The van der Waals surface area contributed by atoms with E-state index in [0.717, 1.165) is 48.1 Å². The fraction of sp³-hybridized carbons (Fsp3) is 0.321. The molecule has 1 aromatic heterocycles. The third kappa shape index (κ3) is 6.44. The molecule has 0 saturated heterocycles. The first-order valence-corrected chi connectivity index (χ1v) is 11.9. The van der Waals surface area contributed by atoms with Crippen molar-refractivity contribution in [3.05, 3.63) is 84.2 Å². The number of carbonyl (C=O) groups is 2. The van der Waals surface area contributed by atoms with Gasteiger partial charge in [0.25, 0.3) is 5.91 Å². The molecule has 34 heavy (non-hydrogen) atoms. The highest BCUT2D eigenvalue weighted by Crippen LogP contribution is 2.32. The summed E-state index contributed by atoms with van der Waals surface area (Å²) in [6.45, 7) is 1.04. The maximum atomic E-state index is 13.4. The van der Waals surface area contributed by atoms with Gasteiger partial charge in [0.05, 0.1) is 6.61 Å². The van der Waals surface area contributed by atoms with Crippen molar-refractivity contribution < 1.29 is 19.4 Å². The van der Waals surface area contributed by atoms with Gasteiger partial charge in [0.15, 0.2) is 0 Å². The molecule has 1 N–H and O–H groups in total. The smallest absolute Gasteiger partial charge is 0.303 e. The van der Waals surface area contributed by atoms with Gasteiger partial charge in [-0.05, 0) is 73.6 Å². The number of benzene rings is 2. The SMILES string of the molecule is O=C(O)CCCCCOc1ccccc1CN(C(=O)c1ccc(-c2ccncc2)cc1)C1CC1. The van der Waals surface area contributed by atoms with Gasteiger partial charge in [-0.2, -0.15) is 0 Å². The summed E-state index contributed by atoms with van der Waals surface area (Å²) in [5.74, 6) is 0.0579. The summed E-state index contributed by atoms with van der Waals surface area (Å²) in [5, 5.41) is 8.75. The number of carboxylic acid groups (broad SMARTS) is 1. The fourth-order valence-corrected chi connectivity index (χ4v) is 3.96. The number of aliphatic carboxylic acids is 1. The van der Waals surface area contributed by atoms with E-state index >= 15 is 0 Å². The largest absolute Gasteiger partial charge is 0.493 e. The number of amides is 1. The second-order valence-corrected chi connectivity index (χ2v) is 8.64. The zero-order chi connectivity index (χ0) is 23.8. The van der Waals surface area contributed by atoms with E-state index in [9.17, 15) is 9.59 Å². The molecule has 1 aliphatic carbocycles. The lowest BCUT2D eigenvalue weighted by Crippen LogP contribution is -2.32. The van der Waals surface area contributed by atoms with Gasteiger partial charge in [-0.3, -0.25) is 14.6 Å². The summed E-state index contributed by atoms with van der Waals surface area (Å²) in [7, 11) is 0. The molecule has 176 valence electrons. The Morgan fingerprint density at radius 1 is 0.912 bits per heavy atom. The quantitative estimate of drug-likeness (QED) is 0.359. The third-order valence-corrected chi connectivity index (χ3v) is 6.00. The van der Waals surface area contributed by atoms with E-state index in [0.29, 0.717) is 25.1 Å². The number of carbonyl (C=O) groups excluding carboxylic acids is 1. The molecule has 0 bridgehead atoms. The Morgan fingerprint density at radius 3 is 2.32 bits per heavy atom. The fourth-order valence-electron chi connectivity index (χ4n) is 3.96. The maximum absolute atomic E-state index is 13.4. The Balaban J connectivity index is 1.40. The minimum Gasteiger partial charge on any atom is -0.493 e. The first-order chi connectivity index (χ1) is 16.6. The molecule has 1 heterocycles. The first-order valence-electron chi connectivity index (χ1n) is 11.9. The first kappa shape index (κ1) is 23.5. The molecule has 0 spiro atoms. The van der Waals surface area contributed by atoms with Crippen molar-refractivity contribution in [2.24, 2.45) is 0 Å². The number of aromatic nitrogens is 1. The predicted octanol–water partition coefficient (Wildman–Crippen LogP) is 5.58. The molecule has 1 saturated carbocycles. The van der Waals surface area contributed by atoms with E-state index in [-0.39, 0.29) is 18.4 Å². The summed E-state index contributed by atoms with van der Waals surface area (Å²) in [5.41, 5.74) is 3.80. The van der Waals surface area contributed by atoms with Crippen LogP contribution >= 0.6 is 0 Å². The molecule has 6 nitrogen and oxygen atoms in total. The van der Waals surface area contributed by atoms with Gasteiger partial charge in [0.1, 0.15) is 5.75 Å². The molecule has 1 aliphatic rings. The second kappa shape index (κ2) is 11.5. The van der Waals surface area contributed by atoms with Crippen LogP contribution in [0.25, 0.3) is 11.1 Å². The summed E-state index contributed by atoms with van der Waals surface area (Å²) in [4.78, 5) is 30.1. The Kier molecular flexibility index (Phi) is 7.91. The Morgan fingerprint density at radius 2 is 1.62 bits per heavy atom. The van der Waals surface area contributed by atoms with Crippen molar-refractivity contribution in [1.29, 1.82) is 0 Å². The van der Waals surface area contributed by atoms with Crippen molar-refractivity contribution in [1.82, 2.24) is 9.88 Å². The molecule has 2 aromatic carbocycles. The Bertz CT molecular complexity index is 1090. The molecule has 1 amide bonds. The number of ether oxygens (including phenoxy) is 1. The van der Waals surface area contributed by atoms with Gasteiger partial charge < -0.3 is 14.7 Å². The molecule has 0 atom stereocenters. The van der Waals surface area contributed by atoms with E-state index in [1.165, 1.54) is 0 Å². The molecule has 3 aromatic rings. The monoisotopic (exact) mass is 458 g/mol. The van der Waals surface area contributed by atoms with Gasteiger partial charge in [-0.1, -0.05) is 30.3 Å². The third-order valence-electron chi connectivity index (χ3n) is 6.00. The minimum atomic E-state index is -0.761. The number of unbranched alkanes of at least 4 members (excludes halogenated alkanes) is 2. The topological polar surface area (TPSA) is 79.7 Å². The van der Waals surface area contributed by atoms with Crippen molar-refractivity contribution in [3.8, 4) is 16.9 Å². The number of carboxylic acids is 1. The van der Waals surface area contributed by atoms with Crippen molar-refractivity contribution in [2.75, 3.05) is 6.61 Å². The maximum Gasteiger partial charge on any atom is 0.303 e. The van der Waals surface area contributed by atoms with Crippen LogP contribution in [0.2, 0.25) is 0 Å². The van der Waals surface area contributed by atoms with Gasteiger partial charge in [-0.25, -0.2) is 0 Å². The molecule has 6 heteroatoms. The van der Waals surface area contributed by atoms with Crippen LogP contribution in [0.4, 0.5) is 0 Å². The lowest BCUT2D eigenvalue weighted by molar-refractivity contribution is -0.137. The number of nitrogens with zero attached hydrogens (tertiary/aromatic N) is 2. The lowest BCUT2D eigenvalue weighted by Gasteiger charge is -2.24. The molecule has 0 unspecified atom stereocenters. The highest BCUT2D eigenvalue weighted by molar-refractivity contribution is 5.95. The van der Waals surface area contributed by atoms with E-state index in [1.54, 1.807) is 12.4 Å². The molecular formula is C28H30N2O4. The van der Waals surface area contributed by atoms with Crippen molar-refractivity contribution in [2.45, 2.75) is 51.1 Å². The van der Waals surface area contributed by atoms with Gasteiger partial charge >= 0.3 is 5.97 Å². The van der Waals surface area contributed by atoms with Crippen LogP contribution in [0.3, 0.4) is 0 Å². The van der Waals surface area contributed by atoms with Crippen LogP contribution in [0, 0.1) is 0 Å². The molecule has 0 radical (unpaired) electrons. The highest BCUT2D eigenvalue weighted by Gasteiger charge is 2.33. The van der Waals surface area contributed by atoms with Gasteiger partial charge in [-0.15, -0.1) is 0 Å². The summed E-state index contributed by atoms with van der Waals surface area (Å²) < 4.78 is 6.00. The van der Waals surface area contributed by atoms with E-state index < -0.39 is 5.97 Å². The second-order valence-electron chi connectivity index (χ2n) is 8.64. The van der Waals surface area contributed by atoms with Gasteiger partial charge in [0.2, 0.25) is 0 Å². The van der Waals surface area contributed by atoms with E-state index in [4.69, 9.17) is 9.84 Å². The Hall–Kier alpha value is -3.67. The van der Waals surface area contributed by atoms with Crippen LogP contribution in [0.5, 0.6) is 5.75 Å². The van der Waals surface area contributed by atoms with Crippen LogP contribution < -0.4 is 4.74 Å². The summed E-state index contributed by atoms with van der Waals surface area (Å²) >= 11 is 0. The number of rotatable bonds is 12. The van der Waals surface area contributed by atoms with Crippen LogP contribution in [-0.2, 0) is 11.3 Å². The predicted molar refractivity (Wildman–Crippen MR) is 131 cm³/mol. The van der Waals surface area contributed by atoms with Crippen LogP contribution in [-0.4, -0.2) is 39.5 Å². The van der Waals surface area contributed by atoms with Gasteiger partial charge in [0, 0.05) is 42.5 Å². The molecule has 0 aliphatic heterocycles. The van der Waals surface area contributed by atoms with Crippen molar-refractivity contribution >= 4 is 11.9 Å². The van der Waals surface area contributed by atoms with Crippen molar-refractivity contribution in [3.63, 3.8) is 0 Å². The van der Waals surface area contributed by atoms with E-state index in [2.05, 4.69) is 4.98 Å². The standard InChI is InChI=1S/C28H30N2O4/c31-27(32)8-2-1-5-19-34-26-7-4-3-6-24(26)20-30(25-13-14-25)28(33)23-11-9-21(10-12-23)22-15-17-29-18-16-22/h3-4,6-7,9-12,15-18,25H,1-2,5,8,13-14,19-20H2,(H,31,32). The number of hydrogen-bond acceptors (Lipinski definition) is 4. The average molecular weight is 459 g/mol. The average Bonchev–Trinajstić information content (AvgIpc) is 3.71. The van der Waals surface area contributed by atoms with E-state index in [1.807, 2.05) is 65.6 Å². The normalized spacial score (nSPS) is 12.8. The Labute approximate surface area is 200 Å². The van der Waals surface area contributed by atoms with Crippen LogP contribution in [0.15, 0.2) is 73.1 Å². The summed E-state index contributed by atoms with van der Waals surface area (Å²) in [6.07, 6.45) is 8.04. The summed E-state index contributed by atoms with van der Waals surface area (Å²) in [6, 6.07) is 19.8. The zero-order valence-electron chi connectivity index (χ0n) is 19.2. The highest BCUT2D eigenvalue weighted by atomic mass is 16.5. The molecule has 4 rings (SSSR count). The van der Waals surface area contributed by atoms with Crippen LogP contribution in [0.1, 0.15) is 54.4 Å². The molecule has 1 fully saturated rings.